The fourth-order valence-electron chi connectivity index (χ4n) is 3.95. The van der Waals surface area contributed by atoms with Crippen LogP contribution in [0.15, 0.2) is 42.5 Å². The number of hydrogen-bond acceptors (Lipinski definition) is 4. The van der Waals surface area contributed by atoms with Gasteiger partial charge in [-0.3, -0.25) is 4.79 Å². The Bertz CT molecular complexity index is 1310. The van der Waals surface area contributed by atoms with Gasteiger partial charge in [-0.1, -0.05) is 42.5 Å². The maximum Gasteiger partial charge on any atom is 0.453 e. The molecule has 0 saturated carbocycles. The molecule has 4 aromatic rings. The molecule has 2 aromatic carbocycles. The number of rotatable bonds is 5. The van der Waals surface area contributed by atoms with Gasteiger partial charge in [-0.2, -0.15) is 18.2 Å². The zero-order chi connectivity index (χ0) is 23.0. The van der Waals surface area contributed by atoms with Crippen LogP contribution in [0, 0.1) is 13.8 Å². The van der Waals surface area contributed by atoms with E-state index in [4.69, 9.17) is 0 Å². The zero-order valence-corrected chi connectivity index (χ0v) is 17.9. The molecular formula is C23H22F3N5O. The summed E-state index contributed by atoms with van der Waals surface area (Å²) in [6, 6.07) is 13.8. The second kappa shape index (κ2) is 8.22. The van der Waals surface area contributed by atoms with Gasteiger partial charge >= 0.3 is 6.18 Å². The van der Waals surface area contributed by atoms with Gasteiger partial charge < -0.3 is 5.32 Å². The Morgan fingerprint density at radius 2 is 1.81 bits per heavy atom. The Hall–Kier alpha value is -3.49. The highest BCUT2D eigenvalue weighted by Gasteiger charge is 2.37. The van der Waals surface area contributed by atoms with Crippen molar-refractivity contribution in [3.05, 3.63) is 70.8 Å². The molecule has 0 fully saturated rings. The van der Waals surface area contributed by atoms with Crippen molar-refractivity contribution in [1.82, 2.24) is 24.9 Å². The van der Waals surface area contributed by atoms with Gasteiger partial charge in [-0.25, -0.2) is 9.50 Å². The number of nitrogens with zero attached hydrogens (tertiary/aromatic N) is 4. The number of carbonyl (C=O) groups excluding carboxylic acids is 1. The first-order chi connectivity index (χ1) is 15.1. The Kier molecular flexibility index (Phi) is 5.58. The minimum absolute atomic E-state index is 0.106. The van der Waals surface area contributed by atoms with Crippen LogP contribution in [0.5, 0.6) is 0 Å². The van der Waals surface area contributed by atoms with Crippen molar-refractivity contribution in [2.75, 3.05) is 0 Å². The number of alkyl halides is 3. The van der Waals surface area contributed by atoms with Crippen LogP contribution in [0.4, 0.5) is 13.2 Å². The summed E-state index contributed by atoms with van der Waals surface area (Å²) in [5.74, 6) is -1.49. The average molecular weight is 441 g/mol. The first kappa shape index (κ1) is 21.7. The average Bonchev–Trinajstić information content (AvgIpc) is 3.18. The van der Waals surface area contributed by atoms with Crippen molar-refractivity contribution >= 4 is 22.5 Å². The lowest BCUT2D eigenvalue weighted by molar-refractivity contribution is -0.144. The molecule has 2 heterocycles. The summed E-state index contributed by atoms with van der Waals surface area (Å²) in [6.07, 6.45) is -4.15. The van der Waals surface area contributed by atoms with Crippen LogP contribution in [0.3, 0.4) is 0 Å². The smallest absolute Gasteiger partial charge is 0.350 e. The van der Waals surface area contributed by atoms with Crippen LogP contribution >= 0.6 is 0 Å². The first-order valence-electron chi connectivity index (χ1n) is 10.2. The van der Waals surface area contributed by atoms with E-state index in [-0.39, 0.29) is 24.1 Å². The molecule has 2 aromatic heterocycles. The van der Waals surface area contributed by atoms with Crippen molar-refractivity contribution in [2.24, 2.45) is 0 Å². The number of halogens is 3. The third-order valence-corrected chi connectivity index (χ3v) is 5.57. The SMILES string of the molecule is Cc1nc2nc(C(F)(F)F)nn2c(C)c1CCC(=O)NC(C)c1cccc2ccccc12. The molecule has 6 nitrogen and oxygen atoms in total. The molecule has 32 heavy (non-hydrogen) atoms. The van der Waals surface area contributed by atoms with Crippen molar-refractivity contribution in [2.45, 2.75) is 45.8 Å². The molecule has 1 amide bonds. The number of aryl methyl sites for hydroxylation is 2. The Balaban J connectivity index is 1.50. The van der Waals surface area contributed by atoms with Crippen LogP contribution < -0.4 is 5.32 Å². The Morgan fingerprint density at radius 1 is 1.09 bits per heavy atom. The molecular weight excluding hydrogens is 419 g/mol. The summed E-state index contributed by atoms with van der Waals surface area (Å²) < 4.78 is 39.9. The molecule has 0 aliphatic rings. The van der Waals surface area contributed by atoms with Gasteiger partial charge in [0.25, 0.3) is 11.6 Å². The highest BCUT2D eigenvalue weighted by Crippen LogP contribution is 2.27. The fourth-order valence-corrected chi connectivity index (χ4v) is 3.95. The van der Waals surface area contributed by atoms with Crippen LogP contribution in [0.1, 0.15) is 47.7 Å². The Morgan fingerprint density at radius 3 is 2.56 bits per heavy atom. The van der Waals surface area contributed by atoms with Gasteiger partial charge in [0, 0.05) is 17.8 Å². The fraction of sp³-hybridized carbons (Fsp3) is 0.304. The third-order valence-electron chi connectivity index (χ3n) is 5.57. The van der Waals surface area contributed by atoms with E-state index >= 15 is 0 Å². The highest BCUT2D eigenvalue weighted by molar-refractivity contribution is 5.87. The van der Waals surface area contributed by atoms with Gasteiger partial charge in [0.15, 0.2) is 0 Å². The Labute approximate surface area is 182 Å². The summed E-state index contributed by atoms with van der Waals surface area (Å²) in [5, 5.41) is 8.74. The molecule has 9 heteroatoms. The van der Waals surface area contributed by atoms with E-state index in [1.54, 1.807) is 13.8 Å². The van der Waals surface area contributed by atoms with Gasteiger partial charge in [0.05, 0.1) is 6.04 Å². The molecule has 0 radical (unpaired) electrons. The lowest BCUT2D eigenvalue weighted by Crippen LogP contribution is -2.27. The predicted molar refractivity (Wildman–Crippen MR) is 114 cm³/mol. The van der Waals surface area contributed by atoms with Crippen molar-refractivity contribution in [3.63, 3.8) is 0 Å². The number of aromatic nitrogens is 4. The van der Waals surface area contributed by atoms with E-state index in [1.807, 2.05) is 49.4 Å². The largest absolute Gasteiger partial charge is 0.453 e. The van der Waals surface area contributed by atoms with E-state index in [0.717, 1.165) is 20.9 Å². The predicted octanol–water partition coefficient (Wildman–Crippen LogP) is 4.72. The maximum atomic E-state index is 13.0. The van der Waals surface area contributed by atoms with E-state index in [0.29, 0.717) is 23.4 Å². The highest BCUT2D eigenvalue weighted by atomic mass is 19.4. The minimum atomic E-state index is -4.65. The normalized spacial score (nSPS) is 12.9. The molecule has 1 atom stereocenters. The number of carbonyl (C=O) groups is 1. The molecule has 0 saturated heterocycles. The standard InChI is InChI=1S/C23H22F3N5O/c1-13-17(15(3)31-22(28-13)29-21(30-31)23(24,25)26)11-12-20(32)27-14(2)18-10-6-8-16-7-4-5-9-19(16)18/h4-10,14H,11-12H2,1-3H3,(H,27,32). The van der Waals surface area contributed by atoms with Crippen LogP contribution in [-0.4, -0.2) is 25.5 Å². The number of benzene rings is 2. The van der Waals surface area contributed by atoms with E-state index in [2.05, 4.69) is 20.4 Å². The van der Waals surface area contributed by atoms with Gasteiger partial charge in [0.1, 0.15) is 0 Å². The topological polar surface area (TPSA) is 72.2 Å². The molecule has 0 aliphatic carbocycles. The molecule has 0 bridgehead atoms. The second-order valence-corrected chi connectivity index (χ2v) is 7.76. The van der Waals surface area contributed by atoms with E-state index in [1.165, 1.54) is 0 Å². The molecule has 0 spiro atoms. The molecule has 166 valence electrons. The number of nitrogens with one attached hydrogen (secondary N) is 1. The molecule has 0 aliphatic heterocycles. The van der Waals surface area contributed by atoms with Gasteiger partial charge in [-0.05, 0) is 49.1 Å². The summed E-state index contributed by atoms with van der Waals surface area (Å²) in [6.45, 7) is 5.28. The summed E-state index contributed by atoms with van der Waals surface area (Å²) in [7, 11) is 0. The second-order valence-electron chi connectivity index (χ2n) is 7.76. The number of hydrogen-bond donors (Lipinski definition) is 1. The first-order valence-corrected chi connectivity index (χ1v) is 10.2. The molecule has 1 unspecified atom stereocenters. The quantitative estimate of drug-likeness (QED) is 0.486. The lowest BCUT2D eigenvalue weighted by Gasteiger charge is -2.17. The minimum Gasteiger partial charge on any atom is -0.350 e. The van der Waals surface area contributed by atoms with Crippen LogP contribution in [0.2, 0.25) is 0 Å². The monoisotopic (exact) mass is 441 g/mol. The van der Waals surface area contributed by atoms with Crippen molar-refractivity contribution < 1.29 is 18.0 Å². The van der Waals surface area contributed by atoms with E-state index in [9.17, 15) is 18.0 Å². The van der Waals surface area contributed by atoms with Crippen molar-refractivity contribution in [3.8, 4) is 0 Å². The third kappa shape index (κ3) is 4.15. The lowest BCUT2D eigenvalue weighted by atomic mass is 9.99. The molecule has 4 rings (SSSR count). The van der Waals surface area contributed by atoms with Crippen molar-refractivity contribution in [1.29, 1.82) is 0 Å². The summed E-state index contributed by atoms with van der Waals surface area (Å²) in [4.78, 5) is 20.3. The van der Waals surface area contributed by atoms with Crippen LogP contribution in [-0.2, 0) is 17.4 Å². The van der Waals surface area contributed by atoms with Gasteiger partial charge in [0.2, 0.25) is 5.91 Å². The van der Waals surface area contributed by atoms with E-state index < -0.39 is 12.0 Å². The van der Waals surface area contributed by atoms with Crippen LogP contribution in [0.25, 0.3) is 16.6 Å². The summed E-state index contributed by atoms with van der Waals surface area (Å²) >= 11 is 0. The summed E-state index contributed by atoms with van der Waals surface area (Å²) in [5.41, 5.74) is 2.73. The molecule has 1 N–H and O–H groups in total. The van der Waals surface area contributed by atoms with Gasteiger partial charge in [-0.15, -0.1) is 5.10 Å². The number of amides is 1. The maximum absolute atomic E-state index is 13.0. The number of fused-ring (bicyclic) bond motifs is 2. The zero-order valence-electron chi connectivity index (χ0n) is 17.9.